The summed E-state index contributed by atoms with van der Waals surface area (Å²) in [6.45, 7) is 4.27. The quantitative estimate of drug-likeness (QED) is 0.648. The van der Waals surface area contributed by atoms with Crippen LogP contribution in [0.25, 0.3) is 0 Å². The van der Waals surface area contributed by atoms with Crippen LogP contribution in [-0.2, 0) is 23.7 Å². The van der Waals surface area contributed by atoms with Crippen LogP contribution in [-0.4, -0.2) is 3.18 Å². The van der Waals surface area contributed by atoms with Gasteiger partial charge in [0.2, 0.25) is 0 Å². The van der Waals surface area contributed by atoms with Gasteiger partial charge in [0.15, 0.2) is 0 Å². The van der Waals surface area contributed by atoms with Crippen molar-refractivity contribution in [2.75, 3.05) is 0 Å². The van der Waals surface area contributed by atoms with E-state index in [4.69, 9.17) is 3.18 Å². The monoisotopic (exact) mass is 164 g/mol. The molecule has 0 saturated heterocycles. The van der Waals surface area contributed by atoms with Gasteiger partial charge in [-0.3, -0.25) is 0 Å². The Bertz CT molecular complexity index is 28.7. The number of hydrogen-bond donors (Lipinski definition) is 1. The molecule has 0 spiro atoms. The SMILES string of the molecule is CC(C)[CH2][Zr][OH]. The van der Waals surface area contributed by atoms with Gasteiger partial charge in [0.1, 0.15) is 0 Å². The Hall–Kier alpha value is 0.843. The van der Waals surface area contributed by atoms with E-state index < -0.39 is 23.7 Å². The van der Waals surface area contributed by atoms with E-state index in [1.165, 1.54) is 0 Å². The summed E-state index contributed by atoms with van der Waals surface area (Å²) in [5.74, 6) is 0.724. The van der Waals surface area contributed by atoms with E-state index >= 15 is 0 Å². The van der Waals surface area contributed by atoms with Crippen LogP contribution in [0.5, 0.6) is 0 Å². The van der Waals surface area contributed by atoms with Gasteiger partial charge in [0.25, 0.3) is 0 Å². The predicted molar refractivity (Wildman–Crippen MR) is 21.9 cm³/mol. The van der Waals surface area contributed by atoms with Crippen molar-refractivity contribution in [2.24, 2.45) is 5.92 Å². The predicted octanol–water partition coefficient (Wildman–Crippen LogP) is 1.05. The van der Waals surface area contributed by atoms with Gasteiger partial charge in [0, 0.05) is 0 Å². The van der Waals surface area contributed by atoms with Crippen molar-refractivity contribution in [3.05, 3.63) is 0 Å². The van der Waals surface area contributed by atoms with Gasteiger partial charge in [0.05, 0.1) is 0 Å². The molecule has 0 aliphatic heterocycles. The van der Waals surface area contributed by atoms with Crippen LogP contribution in [0.2, 0.25) is 4.13 Å². The number of rotatable bonds is 2. The Morgan fingerprint density at radius 3 is 2.17 bits per heavy atom. The third-order valence-corrected chi connectivity index (χ3v) is 2.96. The van der Waals surface area contributed by atoms with Crippen LogP contribution in [0.15, 0.2) is 0 Å². The first-order valence-electron chi connectivity index (χ1n) is 2.14. The molecule has 0 aromatic rings. The van der Waals surface area contributed by atoms with Gasteiger partial charge in [-0.15, -0.1) is 0 Å². The zero-order valence-electron chi connectivity index (χ0n) is 4.23. The average molecular weight is 165 g/mol. The summed E-state index contributed by atoms with van der Waals surface area (Å²) in [5.41, 5.74) is 0. The van der Waals surface area contributed by atoms with Crippen LogP contribution >= 0.6 is 0 Å². The second-order valence-corrected chi connectivity index (χ2v) is 3.54. The van der Waals surface area contributed by atoms with Crippen molar-refractivity contribution in [3.63, 3.8) is 0 Å². The average Bonchev–Trinajstić information content (AvgIpc) is 1.35. The molecular formula is C4H10OZr. The van der Waals surface area contributed by atoms with Crippen molar-refractivity contribution >= 4 is 0 Å². The third-order valence-electron chi connectivity index (χ3n) is 0.500. The topological polar surface area (TPSA) is 20.2 Å². The van der Waals surface area contributed by atoms with E-state index in [0.717, 1.165) is 10.0 Å². The van der Waals surface area contributed by atoms with Gasteiger partial charge < -0.3 is 0 Å². The van der Waals surface area contributed by atoms with Gasteiger partial charge in [-0.1, -0.05) is 0 Å². The summed E-state index contributed by atoms with van der Waals surface area (Å²) in [4.78, 5) is 0. The van der Waals surface area contributed by atoms with E-state index in [2.05, 4.69) is 13.8 Å². The van der Waals surface area contributed by atoms with Crippen LogP contribution in [0.4, 0.5) is 0 Å². The Labute approximate surface area is 50.9 Å². The van der Waals surface area contributed by atoms with Crippen LogP contribution < -0.4 is 0 Å². The first kappa shape index (κ1) is 6.84. The first-order chi connectivity index (χ1) is 2.77. The van der Waals surface area contributed by atoms with Crippen LogP contribution in [0, 0.1) is 5.92 Å². The van der Waals surface area contributed by atoms with Crippen molar-refractivity contribution < 1.29 is 26.9 Å². The molecule has 2 heteroatoms. The zero-order valence-corrected chi connectivity index (χ0v) is 6.69. The maximum absolute atomic E-state index is 8.41. The molecule has 36 valence electrons. The Morgan fingerprint density at radius 2 is 2.17 bits per heavy atom. The summed E-state index contributed by atoms with van der Waals surface area (Å²) in [6, 6.07) is 0. The molecule has 0 aromatic heterocycles. The van der Waals surface area contributed by atoms with Gasteiger partial charge >= 0.3 is 50.8 Å². The van der Waals surface area contributed by atoms with E-state index in [1.54, 1.807) is 0 Å². The van der Waals surface area contributed by atoms with E-state index in [1.807, 2.05) is 0 Å². The second-order valence-electron chi connectivity index (χ2n) is 1.76. The molecule has 0 atom stereocenters. The Morgan fingerprint density at radius 1 is 1.67 bits per heavy atom. The molecule has 0 saturated carbocycles. The standard InChI is InChI=1S/C4H9.H2O.Zr/c1-4(2)3;;/h4H,1H2,2-3H3;1H2;/q;;+1/p-1. The molecular weight excluding hydrogens is 155 g/mol. The number of hydrogen-bond acceptors (Lipinski definition) is 1. The summed E-state index contributed by atoms with van der Waals surface area (Å²) < 4.78 is 9.51. The fourth-order valence-corrected chi connectivity index (χ4v) is 1.08. The molecule has 0 unspecified atom stereocenters. The van der Waals surface area contributed by atoms with E-state index in [9.17, 15) is 0 Å². The minimum atomic E-state index is -0.850. The molecule has 6 heavy (non-hydrogen) atoms. The van der Waals surface area contributed by atoms with Gasteiger partial charge in [-0.05, 0) is 0 Å². The Kier molecular flexibility index (Phi) is 4.58. The molecule has 0 amide bonds. The molecule has 1 N–H and O–H groups in total. The third kappa shape index (κ3) is 4.84. The summed E-state index contributed by atoms with van der Waals surface area (Å²) in [5, 5.41) is 0. The summed E-state index contributed by atoms with van der Waals surface area (Å²) in [6.07, 6.45) is 0. The first-order valence-corrected chi connectivity index (χ1v) is 4.98. The van der Waals surface area contributed by atoms with Crippen molar-refractivity contribution in [1.82, 2.24) is 0 Å². The molecule has 0 aliphatic rings. The fraction of sp³-hybridized carbons (Fsp3) is 1.00. The molecule has 0 heterocycles. The molecule has 1 nitrogen and oxygen atoms in total. The fourth-order valence-electron chi connectivity index (χ4n) is 0.183. The second kappa shape index (κ2) is 4.01. The summed E-state index contributed by atoms with van der Waals surface area (Å²) >= 11 is -0.850. The molecule has 0 radical (unpaired) electrons. The van der Waals surface area contributed by atoms with E-state index in [-0.39, 0.29) is 0 Å². The van der Waals surface area contributed by atoms with Gasteiger partial charge in [-0.2, -0.15) is 0 Å². The zero-order chi connectivity index (χ0) is 4.99. The van der Waals surface area contributed by atoms with Crippen molar-refractivity contribution in [3.8, 4) is 0 Å². The van der Waals surface area contributed by atoms with E-state index in [0.29, 0.717) is 0 Å². The Balaban J connectivity index is 2.63. The molecule has 0 aliphatic carbocycles. The summed E-state index contributed by atoms with van der Waals surface area (Å²) in [7, 11) is 0. The van der Waals surface area contributed by atoms with Crippen molar-refractivity contribution in [1.29, 1.82) is 0 Å². The van der Waals surface area contributed by atoms with Crippen LogP contribution in [0.1, 0.15) is 13.8 Å². The van der Waals surface area contributed by atoms with Crippen LogP contribution in [0.3, 0.4) is 0 Å². The molecule has 0 aromatic carbocycles. The normalized spacial score (nSPS) is 9.33. The molecule has 0 fully saturated rings. The maximum atomic E-state index is 8.41. The van der Waals surface area contributed by atoms with Crippen molar-refractivity contribution in [2.45, 2.75) is 18.0 Å². The van der Waals surface area contributed by atoms with Gasteiger partial charge in [-0.25, -0.2) is 0 Å². The molecule has 0 bridgehead atoms. The minimum absolute atomic E-state index is 0.724. The molecule has 0 rings (SSSR count).